The summed E-state index contributed by atoms with van der Waals surface area (Å²) in [7, 11) is 0. The lowest BCUT2D eigenvalue weighted by atomic mass is 10.0. The normalized spacial score (nSPS) is 17.0. The van der Waals surface area contributed by atoms with Crippen LogP contribution in [0.3, 0.4) is 0 Å². The van der Waals surface area contributed by atoms with Gasteiger partial charge in [0.2, 0.25) is 5.95 Å². The topological polar surface area (TPSA) is 123 Å². The van der Waals surface area contributed by atoms with Gasteiger partial charge in [0.15, 0.2) is 5.65 Å². The molecule has 1 unspecified atom stereocenters. The fraction of sp³-hybridized carbons (Fsp3) is 0.593. The number of fused-ring (bicyclic) bond motifs is 1. The molecule has 3 aromatic rings. The monoisotopic (exact) mass is 495 g/mol. The Hall–Kier alpha value is -2.75. The van der Waals surface area contributed by atoms with Crippen LogP contribution in [0.5, 0.6) is 6.01 Å². The summed E-state index contributed by atoms with van der Waals surface area (Å²) in [5, 5.41) is 21.9. The molecule has 1 aromatic carbocycles. The van der Waals surface area contributed by atoms with Crippen LogP contribution < -0.4 is 21.1 Å². The molecule has 9 nitrogen and oxygen atoms in total. The second kappa shape index (κ2) is 13.0. The Balaban J connectivity index is 1.42. The summed E-state index contributed by atoms with van der Waals surface area (Å²) in [4.78, 5) is 9.37. The SMILES string of the molecule is CC(C)c1cnn2c(NCc3ccc([C@H](O)CCCCCCN)cc3)nc(OC3CCCNC3)nc12. The third kappa shape index (κ3) is 6.93. The highest BCUT2D eigenvalue weighted by Crippen LogP contribution is 2.24. The van der Waals surface area contributed by atoms with Gasteiger partial charge in [-0.2, -0.15) is 19.6 Å². The number of ether oxygens (including phenoxy) is 1. The van der Waals surface area contributed by atoms with Gasteiger partial charge < -0.3 is 26.2 Å². The van der Waals surface area contributed by atoms with Gasteiger partial charge in [-0.3, -0.25) is 0 Å². The Morgan fingerprint density at radius 3 is 2.69 bits per heavy atom. The molecule has 4 rings (SSSR count). The molecular weight excluding hydrogens is 454 g/mol. The van der Waals surface area contributed by atoms with E-state index in [1.807, 2.05) is 30.5 Å². The molecule has 36 heavy (non-hydrogen) atoms. The average Bonchev–Trinajstić information content (AvgIpc) is 3.32. The maximum atomic E-state index is 10.5. The van der Waals surface area contributed by atoms with Crippen molar-refractivity contribution in [2.75, 3.05) is 25.0 Å². The zero-order valence-electron chi connectivity index (χ0n) is 21.6. The van der Waals surface area contributed by atoms with E-state index in [0.717, 1.165) is 86.9 Å². The van der Waals surface area contributed by atoms with E-state index in [9.17, 15) is 5.11 Å². The van der Waals surface area contributed by atoms with Gasteiger partial charge >= 0.3 is 6.01 Å². The molecule has 0 amide bonds. The van der Waals surface area contributed by atoms with E-state index in [1.165, 1.54) is 0 Å². The third-order valence-corrected chi connectivity index (χ3v) is 6.77. The van der Waals surface area contributed by atoms with E-state index >= 15 is 0 Å². The van der Waals surface area contributed by atoms with Crippen molar-refractivity contribution in [3.8, 4) is 6.01 Å². The number of piperidine rings is 1. The minimum atomic E-state index is -0.432. The standard InChI is InChI=1S/C27H41N7O2/c1-19(2)23-18-31-34-25(23)32-27(36-22-8-7-15-29-17-22)33-26(34)30-16-20-10-12-21(13-11-20)24(35)9-5-3-4-6-14-28/h10-13,18-19,22,24,29,35H,3-9,14-17,28H2,1-2H3,(H,30,32,33)/t22?,24-/m1/s1. The quantitative estimate of drug-likeness (QED) is 0.263. The van der Waals surface area contributed by atoms with Gasteiger partial charge in [0.05, 0.1) is 12.3 Å². The molecule has 5 N–H and O–H groups in total. The Bertz CT molecular complexity index is 1080. The fourth-order valence-corrected chi connectivity index (χ4v) is 4.56. The first-order chi connectivity index (χ1) is 17.5. The van der Waals surface area contributed by atoms with E-state index in [1.54, 1.807) is 4.52 Å². The molecule has 0 aliphatic carbocycles. The maximum absolute atomic E-state index is 10.5. The van der Waals surface area contributed by atoms with E-state index in [-0.39, 0.29) is 12.0 Å². The molecule has 0 saturated carbocycles. The summed E-state index contributed by atoms with van der Waals surface area (Å²) in [6, 6.07) is 8.49. The lowest BCUT2D eigenvalue weighted by molar-refractivity contribution is 0.153. The summed E-state index contributed by atoms with van der Waals surface area (Å²) < 4.78 is 7.91. The van der Waals surface area contributed by atoms with Crippen LogP contribution in [0.15, 0.2) is 30.5 Å². The molecular formula is C27H41N7O2. The molecule has 196 valence electrons. The molecule has 1 aliphatic rings. The molecule has 0 spiro atoms. The van der Waals surface area contributed by atoms with Crippen molar-refractivity contribution in [3.63, 3.8) is 0 Å². The van der Waals surface area contributed by atoms with E-state index < -0.39 is 6.10 Å². The minimum Gasteiger partial charge on any atom is -0.459 e. The maximum Gasteiger partial charge on any atom is 0.322 e. The number of rotatable bonds is 13. The first-order valence-electron chi connectivity index (χ1n) is 13.4. The molecule has 2 aromatic heterocycles. The highest BCUT2D eigenvalue weighted by Gasteiger charge is 2.20. The number of benzene rings is 1. The second-order valence-electron chi connectivity index (χ2n) is 10.0. The zero-order chi connectivity index (χ0) is 25.3. The third-order valence-electron chi connectivity index (χ3n) is 6.77. The van der Waals surface area contributed by atoms with Crippen LogP contribution in [-0.2, 0) is 6.54 Å². The molecule has 1 saturated heterocycles. The average molecular weight is 496 g/mol. The number of hydrogen-bond donors (Lipinski definition) is 4. The Labute approximate surface area is 213 Å². The molecule has 2 atom stereocenters. The number of anilines is 1. The number of aliphatic hydroxyl groups excluding tert-OH is 1. The molecule has 1 fully saturated rings. The largest absolute Gasteiger partial charge is 0.459 e. The van der Waals surface area contributed by atoms with Gasteiger partial charge in [-0.05, 0) is 55.8 Å². The number of aliphatic hydroxyl groups is 1. The lowest BCUT2D eigenvalue weighted by Gasteiger charge is -2.23. The highest BCUT2D eigenvalue weighted by atomic mass is 16.5. The summed E-state index contributed by atoms with van der Waals surface area (Å²) >= 11 is 0. The van der Waals surface area contributed by atoms with E-state index in [2.05, 4.69) is 34.6 Å². The minimum absolute atomic E-state index is 0.0686. The Morgan fingerprint density at radius 1 is 1.17 bits per heavy atom. The number of nitrogens with zero attached hydrogens (tertiary/aromatic N) is 4. The molecule has 0 bridgehead atoms. The van der Waals surface area contributed by atoms with Crippen molar-refractivity contribution in [1.29, 1.82) is 0 Å². The molecule has 3 heterocycles. The van der Waals surface area contributed by atoms with Crippen molar-refractivity contribution in [2.24, 2.45) is 5.73 Å². The summed E-state index contributed by atoms with van der Waals surface area (Å²) in [6.07, 6.45) is 8.65. The van der Waals surface area contributed by atoms with Crippen molar-refractivity contribution in [2.45, 2.75) is 83.5 Å². The molecule has 1 aliphatic heterocycles. The van der Waals surface area contributed by atoms with Gasteiger partial charge in [0.25, 0.3) is 0 Å². The zero-order valence-corrected chi connectivity index (χ0v) is 21.6. The van der Waals surface area contributed by atoms with Gasteiger partial charge in [0.1, 0.15) is 6.10 Å². The Morgan fingerprint density at radius 2 is 1.97 bits per heavy atom. The number of unbranched alkanes of at least 4 members (excludes halogenated alkanes) is 3. The van der Waals surface area contributed by atoms with Crippen LogP contribution in [0, 0.1) is 0 Å². The number of hydrogen-bond acceptors (Lipinski definition) is 8. The summed E-state index contributed by atoms with van der Waals surface area (Å²) in [5.41, 5.74) is 9.43. The lowest BCUT2D eigenvalue weighted by Crippen LogP contribution is -2.37. The first-order valence-corrected chi connectivity index (χ1v) is 13.4. The highest BCUT2D eigenvalue weighted by molar-refractivity contribution is 5.53. The number of aromatic nitrogens is 4. The second-order valence-corrected chi connectivity index (χ2v) is 10.0. The first kappa shape index (κ1) is 26.3. The van der Waals surface area contributed by atoms with Crippen LogP contribution in [0.1, 0.15) is 87.5 Å². The number of nitrogens with two attached hydrogens (primary N) is 1. The molecule has 0 radical (unpaired) electrons. The van der Waals surface area contributed by atoms with Crippen molar-refractivity contribution >= 4 is 11.6 Å². The Kier molecular flexibility index (Phi) is 9.49. The summed E-state index contributed by atoms with van der Waals surface area (Å²) in [6.45, 7) is 7.41. The van der Waals surface area contributed by atoms with Gasteiger partial charge in [-0.15, -0.1) is 0 Å². The van der Waals surface area contributed by atoms with Crippen molar-refractivity contribution < 1.29 is 9.84 Å². The van der Waals surface area contributed by atoms with Crippen LogP contribution >= 0.6 is 0 Å². The van der Waals surface area contributed by atoms with E-state index in [4.69, 9.17) is 15.5 Å². The predicted octanol–water partition coefficient (Wildman–Crippen LogP) is 3.93. The van der Waals surface area contributed by atoms with Crippen molar-refractivity contribution in [3.05, 3.63) is 47.2 Å². The number of nitrogens with one attached hydrogen (secondary N) is 2. The van der Waals surface area contributed by atoms with Gasteiger partial charge in [-0.1, -0.05) is 57.4 Å². The van der Waals surface area contributed by atoms with Gasteiger partial charge in [-0.25, -0.2) is 0 Å². The van der Waals surface area contributed by atoms with Crippen molar-refractivity contribution in [1.82, 2.24) is 24.9 Å². The van der Waals surface area contributed by atoms with E-state index in [0.29, 0.717) is 18.5 Å². The van der Waals surface area contributed by atoms with Crippen LogP contribution in [-0.4, -0.2) is 50.4 Å². The smallest absolute Gasteiger partial charge is 0.322 e. The summed E-state index contributed by atoms with van der Waals surface area (Å²) in [5.74, 6) is 0.890. The van der Waals surface area contributed by atoms with Crippen LogP contribution in [0.2, 0.25) is 0 Å². The predicted molar refractivity (Wildman–Crippen MR) is 142 cm³/mol. The fourth-order valence-electron chi connectivity index (χ4n) is 4.56. The van der Waals surface area contributed by atoms with Crippen LogP contribution in [0.25, 0.3) is 5.65 Å². The van der Waals surface area contributed by atoms with Crippen LogP contribution in [0.4, 0.5) is 5.95 Å². The molecule has 9 heteroatoms. The van der Waals surface area contributed by atoms with Gasteiger partial charge in [0, 0.05) is 18.7 Å².